The summed E-state index contributed by atoms with van der Waals surface area (Å²) in [6.07, 6.45) is 0.304. The Bertz CT molecular complexity index is 648. The lowest BCUT2D eigenvalue weighted by Crippen LogP contribution is -2.41. The van der Waals surface area contributed by atoms with Crippen molar-refractivity contribution in [1.82, 2.24) is 4.90 Å². The number of nitrogens with zero attached hydrogens (tertiary/aromatic N) is 2. The number of benzene rings is 1. The van der Waals surface area contributed by atoms with Gasteiger partial charge in [0.05, 0.1) is 17.6 Å². The van der Waals surface area contributed by atoms with Crippen molar-refractivity contribution < 1.29 is 29.1 Å². The van der Waals surface area contributed by atoms with E-state index in [4.69, 9.17) is 9.47 Å². The van der Waals surface area contributed by atoms with Crippen molar-refractivity contribution in [1.29, 1.82) is 0 Å². The van der Waals surface area contributed by atoms with E-state index in [0.717, 1.165) is 0 Å². The first-order valence-electron chi connectivity index (χ1n) is 7.25. The van der Waals surface area contributed by atoms with Crippen LogP contribution in [0.2, 0.25) is 0 Å². The molecule has 0 aliphatic carbocycles. The van der Waals surface area contributed by atoms with Gasteiger partial charge in [0.1, 0.15) is 11.2 Å². The van der Waals surface area contributed by atoms with Crippen molar-refractivity contribution in [3.05, 3.63) is 34.4 Å². The maximum Gasteiger partial charge on any atom is 0.313 e. The normalized spacial score (nSPS) is 20.0. The Morgan fingerprint density at radius 2 is 2.21 bits per heavy atom. The van der Waals surface area contributed by atoms with E-state index in [0.29, 0.717) is 13.0 Å². The molecule has 1 aliphatic heterocycles. The minimum absolute atomic E-state index is 0.0256. The number of non-ortho nitro benzene ring substituents is 1. The molecule has 1 atom stereocenters. The fraction of sp³-hybridized carbons (Fsp3) is 0.467. The highest BCUT2D eigenvalue weighted by Gasteiger charge is 2.46. The number of carboxylic acids is 1. The summed E-state index contributed by atoms with van der Waals surface area (Å²) in [7, 11) is 1.42. The van der Waals surface area contributed by atoms with Crippen molar-refractivity contribution in [3.8, 4) is 5.75 Å². The molecule has 1 fully saturated rings. The van der Waals surface area contributed by atoms with Gasteiger partial charge < -0.3 is 19.5 Å². The van der Waals surface area contributed by atoms with Crippen molar-refractivity contribution in [2.24, 2.45) is 5.41 Å². The number of amides is 1. The van der Waals surface area contributed by atoms with Gasteiger partial charge in [-0.1, -0.05) is 6.07 Å². The molecule has 0 saturated carbocycles. The van der Waals surface area contributed by atoms with Gasteiger partial charge in [0, 0.05) is 26.3 Å². The summed E-state index contributed by atoms with van der Waals surface area (Å²) in [6.45, 7) is 0.0573. The summed E-state index contributed by atoms with van der Waals surface area (Å²) in [4.78, 5) is 35.2. The van der Waals surface area contributed by atoms with Gasteiger partial charge in [-0.3, -0.25) is 19.7 Å². The van der Waals surface area contributed by atoms with Gasteiger partial charge in [-0.2, -0.15) is 0 Å². The Kier molecular flexibility index (Phi) is 5.35. The van der Waals surface area contributed by atoms with Crippen LogP contribution in [0.1, 0.15) is 6.42 Å². The van der Waals surface area contributed by atoms with Crippen LogP contribution >= 0.6 is 0 Å². The fourth-order valence-electron chi connectivity index (χ4n) is 2.64. The average molecular weight is 338 g/mol. The maximum absolute atomic E-state index is 12.2. The maximum atomic E-state index is 12.2. The standard InChI is InChI=1S/C15H18N2O7/c1-23-10-15(14(19)20)5-6-16(9-15)13(18)8-24-12-4-2-3-11(7-12)17(21)22/h2-4,7H,5-6,8-10H2,1H3,(H,19,20). The largest absolute Gasteiger partial charge is 0.484 e. The third kappa shape index (κ3) is 3.80. The van der Waals surface area contributed by atoms with Crippen LogP contribution in [-0.2, 0) is 14.3 Å². The topological polar surface area (TPSA) is 119 Å². The van der Waals surface area contributed by atoms with E-state index in [-0.39, 0.29) is 37.1 Å². The van der Waals surface area contributed by atoms with E-state index in [1.54, 1.807) is 0 Å². The lowest BCUT2D eigenvalue weighted by molar-refractivity contribution is -0.384. The molecule has 9 heteroatoms. The molecule has 0 bridgehead atoms. The molecule has 130 valence electrons. The molecule has 2 rings (SSSR count). The second-order valence-corrected chi connectivity index (χ2v) is 5.63. The van der Waals surface area contributed by atoms with Crippen LogP contribution in [0.5, 0.6) is 5.75 Å². The zero-order valence-corrected chi connectivity index (χ0v) is 13.1. The van der Waals surface area contributed by atoms with E-state index >= 15 is 0 Å². The smallest absolute Gasteiger partial charge is 0.313 e. The number of carbonyl (C=O) groups excluding carboxylic acids is 1. The molecule has 1 heterocycles. The monoisotopic (exact) mass is 338 g/mol. The quantitative estimate of drug-likeness (QED) is 0.580. The molecule has 24 heavy (non-hydrogen) atoms. The Morgan fingerprint density at radius 1 is 1.46 bits per heavy atom. The van der Waals surface area contributed by atoms with Gasteiger partial charge in [-0.05, 0) is 12.5 Å². The van der Waals surface area contributed by atoms with Gasteiger partial charge >= 0.3 is 5.97 Å². The molecule has 1 aromatic rings. The van der Waals surface area contributed by atoms with Crippen LogP contribution in [0, 0.1) is 15.5 Å². The van der Waals surface area contributed by atoms with Gasteiger partial charge in [0.2, 0.25) is 0 Å². The predicted molar refractivity (Wildman–Crippen MR) is 81.7 cm³/mol. The summed E-state index contributed by atoms with van der Waals surface area (Å²) < 4.78 is 10.3. The zero-order chi connectivity index (χ0) is 17.7. The minimum atomic E-state index is -1.10. The number of rotatable bonds is 7. The molecule has 0 radical (unpaired) electrons. The third-order valence-corrected chi connectivity index (χ3v) is 3.97. The summed E-state index contributed by atoms with van der Waals surface area (Å²) >= 11 is 0. The summed E-state index contributed by atoms with van der Waals surface area (Å²) in [5.41, 5.74) is -1.23. The van der Waals surface area contributed by atoms with Crippen molar-refractivity contribution in [3.63, 3.8) is 0 Å². The van der Waals surface area contributed by atoms with Crippen LogP contribution in [0.4, 0.5) is 5.69 Å². The van der Waals surface area contributed by atoms with E-state index in [2.05, 4.69) is 0 Å². The second-order valence-electron chi connectivity index (χ2n) is 5.63. The Morgan fingerprint density at radius 3 is 2.83 bits per heavy atom. The van der Waals surface area contributed by atoms with E-state index < -0.39 is 16.3 Å². The Labute approximate surface area is 137 Å². The first kappa shape index (κ1) is 17.7. The molecular formula is C15H18N2O7. The molecule has 1 unspecified atom stereocenters. The highest BCUT2D eigenvalue weighted by molar-refractivity contribution is 5.81. The van der Waals surface area contributed by atoms with Crippen LogP contribution in [0.15, 0.2) is 24.3 Å². The average Bonchev–Trinajstić information content (AvgIpc) is 2.99. The zero-order valence-electron chi connectivity index (χ0n) is 13.1. The van der Waals surface area contributed by atoms with Crippen LogP contribution < -0.4 is 4.74 Å². The number of aliphatic carboxylic acids is 1. The molecular weight excluding hydrogens is 320 g/mol. The number of carbonyl (C=O) groups is 2. The summed E-state index contributed by atoms with van der Waals surface area (Å²) in [5, 5.41) is 20.1. The molecule has 1 aromatic carbocycles. The number of ether oxygens (including phenoxy) is 2. The van der Waals surface area contributed by atoms with Gasteiger partial charge in [0.25, 0.3) is 11.6 Å². The number of likely N-dealkylation sites (tertiary alicyclic amines) is 1. The molecule has 1 aliphatic rings. The van der Waals surface area contributed by atoms with Gasteiger partial charge in [-0.25, -0.2) is 0 Å². The lowest BCUT2D eigenvalue weighted by Gasteiger charge is -2.23. The molecule has 0 aromatic heterocycles. The van der Waals surface area contributed by atoms with E-state index in [9.17, 15) is 24.8 Å². The molecule has 9 nitrogen and oxygen atoms in total. The highest BCUT2D eigenvalue weighted by atomic mass is 16.6. The van der Waals surface area contributed by atoms with Gasteiger partial charge in [-0.15, -0.1) is 0 Å². The number of nitro groups is 1. The number of methoxy groups -OCH3 is 1. The Hall–Kier alpha value is -2.68. The predicted octanol–water partition coefficient (Wildman–Crippen LogP) is 0.923. The first-order valence-corrected chi connectivity index (χ1v) is 7.25. The number of hydrogen-bond donors (Lipinski definition) is 1. The molecule has 1 N–H and O–H groups in total. The van der Waals surface area contributed by atoms with Gasteiger partial charge in [0.15, 0.2) is 6.61 Å². The number of hydrogen-bond acceptors (Lipinski definition) is 6. The molecule has 1 amide bonds. The second kappa shape index (κ2) is 7.26. The number of nitro benzene ring substituents is 1. The third-order valence-electron chi connectivity index (χ3n) is 3.97. The highest BCUT2D eigenvalue weighted by Crippen LogP contribution is 2.31. The minimum Gasteiger partial charge on any atom is -0.484 e. The Balaban J connectivity index is 1.95. The van der Waals surface area contributed by atoms with Crippen LogP contribution in [-0.4, -0.2) is 60.2 Å². The van der Waals surface area contributed by atoms with Crippen LogP contribution in [0.25, 0.3) is 0 Å². The summed E-state index contributed by atoms with van der Waals surface area (Å²) in [6, 6.07) is 5.52. The van der Waals surface area contributed by atoms with E-state index in [1.807, 2.05) is 0 Å². The first-order chi connectivity index (χ1) is 11.4. The van der Waals surface area contributed by atoms with Crippen molar-refractivity contribution >= 4 is 17.6 Å². The van der Waals surface area contributed by atoms with Crippen LogP contribution in [0.3, 0.4) is 0 Å². The summed E-state index contributed by atoms with van der Waals surface area (Å²) in [5.74, 6) is -1.17. The fourth-order valence-corrected chi connectivity index (χ4v) is 2.64. The van der Waals surface area contributed by atoms with Crippen molar-refractivity contribution in [2.45, 2.75) is 6.42 Å². The van der Waals surface area contributed by atoms with E-state index in [1.165, 1.54) is 36.3 Å². The molecule has 1 saturated heterocycles. The SMILES string of the molecule is COCC1(C(=O)O)CCN(C(=O)COc2cccc([N+](=O)[O-])c2)C1. The lowest BCUT2D eigenvalue weighted by atomic mass is 9.88. The van der Waals surface area contributed by atoms with Crippen molar-refractivity contribution in [2.75, 3.05) is 33.4 Å². The number of carboxylic acid groups (broad SMARTS) is 1. The molecule has 0 spiro atoms.